The van der Waals surface area contributed by atoms with Crippen molar-refractivity contribution in [1.82, 2.24) is 0 Å². The fourth-order valence-electron chi connectivity index (χ4n) is 2.86. The molecule has 0 aromatic carbocycles. The summed E-state index contributed by atoms with van der Waals surface area (Å²) < 4.78 is 11.6. The molecule has 0 heterocycles. The molecule has 1 unspecified atom stereocenters. The van der Waals surface area contributed by atoms with Crippen LogP contribution in [0, 0.1) is 0 Å². The minimum Gasteiger partial charge on any atom is -0.379 e. The molecule has 3 heteroatoms. The van der Waals surface area contributed by atoms with E-state index in [1.807, 2.05) is 0 Å². The van der Waals surface area contributed by atoms with Crippen LogP contribution in [0.1, 0.15) is 104 Å². The Morgan fingerprint density at radius 3 is 1.84 bits per heavy atom. The van der Waals surface area contributed by atoms with E-state index in [2.05, 4.69) is 32.5 Å². The van der Waals surface area contributed by atoms with Crippen molar-refractivity contribution in [3.05, 3.63) is 0 Å². The smallest absolute Gasteiger partial charge is 0.0805 e. The van der Waals surface area contributed by atoms with Gasteiger partial charge in [0.25, 0.3) is 0 Å². The zero-order valence-electron chi connectivity index (χ0n) is 17.5. The first kappa shape index (κ1) is 25.3. The Hall–Kier alpha value is 0.270. The molecule has 0 aliphatic heterocycles. The van der Waals surface area contributed by atoms with Crippen LogP contribution >= 0.6 is 11.8 Å². The SMILES string of the molecule is CCCCOC(CC)COCCCCCCCCCCCCSCC. The van der Waals surface area contributed by atoms with Gasteiger partial charge in [-0.1, -0.05) is 78.6 Å². The van der Waals surface area contributed by atoms with Gasteiger partial charge < -0.3 is 9.47 Å². The van der Waals surface area contributed by atoms with Crippen LogP contribution in [0.5, 0.6) is 0 Å². The number of hydrogen-bond acceptors (Lipinski definition) is 3. The molecular formula is C22H46O2S. The van der Waals surface area contributed by atoms with E-state index in [-0.39, 0.29) is 0 Å². The van der Waals surface area contributed by atoms with Gasteiger partial charge in [0.2, 0.25) is 0 Å². The molecule has 0 N–H and O–H groups in total. The van der Waals surface area contributed by atoms with Gasteiger partial charge in [0, 0.05) is 13.2 Å². The van der Waals surface area contributed by atoms with E-state index in [1.54, 1.807) is 0 Å². The van der Waals surface area contributed by atoms with E-state index in [1.165, 1.54) is 82.1 Å². The number of unbranched alkanes of at least 4 members (excludes halogenated alkanes) is 10. The van der Waals surface area contributed by atoms with Gasteiger partial charge in [-0.25, -0.2) is 0 Å². The lowest BCUT2D eigenvalue weighted by atomic mass is 10.1. The molecule has 0 fully saturated rings. The molecule has 0 amide bonds. The molecule has 0 aromatic heterocycles. The number of thioether (sulfide) groups is 1. The van der Waals surface area contributed by atoms with E-state index in [9.17, 15) is 0 Å². The van der Waals surface area contributed by atoms with E-state index in [0.29, 0.717) is 6.10 Å². The van der Waals surface area contributed by atoms with Crippen LogP contribution in [-0.4, -0.2) is 37.4 Å². The third kappa shape index (κ3) is 20.4. The molecule has 0 radical (unpaired) electrons. The Morgan fingerprint density at radius 1 is 0.680 bits per heavy atom. The quantitative estimate of drug-likeness (QED) is 0.197. The normalized spacial score (nSPS) is 12.6. The summed E-state index contributed by atoms with van der Waals surface area (Å²) in [6.45, 7) is 9.21. The van der Waals surface area contributed by atoms with Crippen LogP contribution in [0.3, 0.4) is 0 Å². The maximum atomic E-state index is 5.82. The van der Waals surface area contributed by atoms with E-state index in [0.717, 1.165) is 32.7 Å². The van der Waals surface area contributed by atoms with Crippen LogP contribution in [0.4, 0.5) is 0 Å². The van der Waals surface area contributed by atoms with E-state index < -0.39 is 0 Å². The number of hydrogen-bond donors (Lipinski definition) is 0. The lowest BCUT2D eigenvalue weighted by Crippen LogP contribution is -2.20. The fourth-order valence-corrected chi connectivity index (χ4v) is 3.56. The van der Waals surface area contributed by atoms with Crippen molar-refractivity contribution < 1.29 is 9.47 Å². The second kappa shape index (κ2) is 22.3. The van der Waals surface area contributed by atoms with Crippen molar-refractivity contribution in [2.24, 2.45) is 0 Å². The molecule has 0 aromatic rings. The molecule has 0 bridgehead atoms. The Kier molecular flexibility index (Phi) is 22.6. The zero-order valence-corrected chi connectivity index (χ0v) is 18.3. The molecule has 0 aliphatic carbocycles. The maximum Gasteiger partial charge on any atom is 0.0805 e. The Labute approximate surface area is 163 Å². The predicted molar refractivity (Wildman–Crippen MR) is 115 cm³/mol. The summed E-state index contributed by atoms with van der Waals surface area (Å²) in [6, 6.07) is 0. The standard InChI is InChI=1S/C22H46O2S/c1-4-7-19-24-22(5-2)21-23-18-16-14-12-10-8-9-11-13-15-17-20-25-6-3/h22H,4-21H2,1-3H3. The summed E-state index contributed by atoms with van der Waals surface area (Å²) in [6.07, 6.45) is 17.6. The summed E-state index contributed by atoms with van der Waals surface area (Å²) in [4.78, 5) is 0. The van der Waals surface area contributed by atoms with Crippen molar-refractivity contribution in [3.8, 4) is 0 Å². The maximum absolute atomic E-state index is 5.82. The van der Waals surface area contributed by atoms with Crippen molar-refractivity contribution in [2.75, 3.05) is 31.3 Å². The lowest BCUT2D eigenvalue weighted by molar-refractivity contribution is -0.0197. The first-order valence-electron chi connectivity index (χ1n) is 11.1. The molecule has 0 spiro atoms. The van der Waals surface area contributed by atoms with Crippen LogP contribution in [0.25, 0.3) is 0 Å². The van der Waals surface area contributed by atoms with Gasteiger partial charge in [-0.05, 0) is 37.2 Å². The van der Waals surface area contributed by atoms with Gasteiger partial charge >= 0.3 is 0 Å². The van der Waals surface area contributed by atoms with Crippen molar-refractivity contribution in [1.29, 1.82) is 0 Å². The van der Waals surface area contributed by atoms with Crippen LogP contribution in [0.2, 0.25) is 0 Å². The average Bonchev–Trinajstić information content (AvgIpc) is 2.63. The molecule has 0 saturated heterocycles. The highest BCUT2D eigenvalue weighted by atomic mass is 32.2. The van der Waals surface area contributed by atoms with Crippen molar-refractivity contribution in [3.63, 3.8) is 0 Å². The van der Waals surface area contributed by atoms with Gasteiger partial charge in [-0.3, -0.25) is 0 Å². The first-order chi connectivity index (χ1) is 12.3. The highest BCUT2D eigenvalue weighted by Gasteiger charge is 2.05. The first-order valence-corrected chi connectivity index (χ1v) is 12.3. The molecule has 25 heavy (non-hydrogen) atoms. The zero-order chi connectivity index (χ0) is 18.4. The van der Waals surface area contributed by atoms with Gasteiger partial charge in [0.1, 0.15) is 0 Å². The molecule has 152 valence electrons. The lowest BCUT2D eigenvalue weighted by Gasteiger charge is -2.16. The van der Waals surface area contributed by atoms with Crippen LogP contribution < -0.4 is 0 Å². The Morgan fingerprint density at radius 2 is 1.28 bits per heavy atom. The average molecular weight is 375 g/mol. The Bertz CT molecular complexity index is 236. The van der Waals surface area contributed by atoms with Gasteiger partial charge in [-0.2, -0.15) is 11.8 Å². The van der Waals surface area contributed by atoms with E-state index in [4.69, 9.17) is 9.47 Å². The Balaban J connectivity index is 3.15. The number of rotatable bonds is 21. The van der Waals surface area contributed by atoms with Gasteiger partial charge in [0.05, 0.1) is 12.7 Å². The summed E-state index contributed by atoms with van der Waals surface area (Å²) >= 11 is 2.08. The molecule has 1 atom stereocenters. The molecule has 0 aliphatic rings. The summed E-state index contributed by atoms with van der Waals surface area (Å²) in [5.74, 6) is 2.64. The number of ether oxygens (including phenoxy) is 2. The summed E-state index contributed by atoms with van der Waals surface area (Å²) in [5.41, 5.74) is 0. The third-order valence-electron chi connectivity index (χ3n) is 4.64. The van der Waals surface area contributed by atoms with Crippen LogP contribution in [0.15, 0.2) is 0 Å². The second-order valence-corrected chi connectivity index (χ2v) is 8.46. The van der Waals surface area contributed by atoms with E-state index >= 15 is 0 Å². The van der Waals surface area contributed by atoms with Crippen molar-refractivity contribution >= 4 is 11.8 Å². The molecule has 2 nitrogen and oxygen atoms in total. The summed E-state index contributed by atoms with van der Waals surface area (Å²) in [7, 11) is 0. The molecule has 0 rings (SSSR count). The second-order valence-electron chi connectivity index (χ2n) is 7.06. The minimum atomic E-state index is 0.298. The predicted octanol–water partition coefficient (Wildman–Crippen LogP) is 7.25. The highest BCUT2D eigenvalue weighted by molar-refractivity contribution is 7.99. The minimum absolute atomic E-state index is 0.298. The van der Waals surface area contributed by atoms with Gasteiger partial charge in [0.15, 0.2) is 0 Å². The topological polar surface area (TPSA) is 18.5 Å². The van der Waals surface area contributed by atoms with Crippen LogP contribution in [-0.2, 0) is 9.47 Å². The van der Waals surface area contributed by atoms with Crippen molar-refractivity contribution in [2.45, 2.75) is 110 Å². The fraction of sp³-hybridized carbons (Fsp3) is 1.00. The molecular weight excluding hydrogens is 328 g/mol. The summed E-state index contributed by atoms with van der Waals surface area (Å²) in [5, 5.41) is 0. The third-order valence-corrected chi connectivity index (χ3v) is 5.63. The highest BCUT2D eigenvalue weighted by Crippen LogP contribution is 2.12. The molecule has 0 saturated carbocycles. The van der Waals surface area contributed by atoms with Gasteiger partial charge in [-0.15, -0.1) is 0 Å². The monoisotopic (exact) mass is 374 g/mol. The largest absolute Gasteiger partial charge is 0.379 e.